The van der Waals surface area contributed by atoms with Crippen LogP contribution in [0.2, 0.25) is 0 Å². The topological polar surface area (TPSA) is 93.3 Å². The van der Waals surface area contributed by atoms with Gasteiger partial charge in [0.25, 0.3) is 0 Å². The summed E-state index contributed by atoms with van der Waals surface area (Å²) in [7, 11) is 0. The molecule has 204 valence electrons. The number of likely N-dealkylation sites (N-methyl/N-ethyl adjacent to an activating group) is 1. The van der Waals surface area contributed by atoms with E-state index in [9.17, 15) is 13.2 Å². The Morgan fingerprint density at radius 2 is 1.82 bits per heavy atom. The fourth-order valence-electron chi connectivity index (χ4n) is 5.70. The molecule has 0 spiro atoms. The molecule has 6 heterocycles. The van der Waals surface area contributed by atoms with E-state index in [0.29, 0.717) is 45.2 Å². The highest BCUT2D eigenvalue weighted by molar-refractivity contribution is 7.98. The van der Waals surface area contributed by atoms with E-state index in [2.05, 4.69) is 21.7 Å². The van der Waals surface area contributed by atoms with Crippen LogP contribution in [0.15, 0.2) is 11.2 Å². The van der Waals surface area contributed by atoms with Crippen molar-refractivity contribution in [2.24, 2.45) is 0 Å². The number of nitrogen functional groups attached to an aromatic ring is 1. The number of halogens is 3. The van der Waals surface area contributed by atoms with Crippen LogP contribution in [-0.2, 0) is 6.18 Å². The number of anilines is 2. The number of piperidine rings is 1. The summed E-state index contributed by atoms with van der Waals surface area (Å²) in [6, 6.07) is 2.26. The van der Waals surface area contributed by atoms with Crippen LogP contribution in [0.1, 0.15) is 44.0 Å². The van der Waals surface area contributed by atoms with Crippen molar-refractivity contribution in [3.8, 4) is 17.1 Å². The van der Waals surface area contributed by atoms with Gasteiger partial charge in [0.05, 0.1) is 17.3 Å². The monoisotopic (exact) mass is 547 g/mol. The molecule has 2 atom stereocenters. The van der Waals surface area contributed by atoms with Crippen LogP contribution in [0.25, 0.3) is 22.2 Å². The quantitative estimate of drug-likeness (QED) is 0.334. The highest BCUT2D eigenvalue weighted by atomic mass is 32.2. The van der Waals surface area contributed by atoms with Crippen LogP contribution in [-0.4, -0.2) is 68.9 Å². The smallest absolute Gasteiger partial charge is 0.420 e. The molecule has 3 saturated heterocycles. The van der Waals surface area contributed by atoms with Crippen LogP contribution in [0.4, 0.5) is 24.8 Å². The van der Waals surface area contributed by atoms with Gasteiger partial charge in [-0.1, -0.05) is 18.7 Å². The highest BCUT2D eigenvalue weighted by Gasteiger charge is 2.45. The molecular weight excluding hydrogens is 515 g/mol. The van der Waals surface area contributed by atoms with Crippen molar-refractivity contribution in [1.82, 2.24) is 24.8 Å². The van der Waals surface area contributed by atoms with Gasteiger partial charge in [0.2, 0.25) is 5.88 Å². The highest BCUT2D eigenvalue weighted by Crippen LogP contribution is 2.45. The lowest BCUT2D eigenvalue weighted by molar-refractivity contribution is -0.136. The first-order chi connectivity index (χ1) is 17.9. The molecule has 38 heavy (non-hydrogen) atoms. The fraction of sp³-hybridized carbons (Fsp3) is 0.538. The molecule has 0 aromatic carbocycles. The maximum absolute atomic E-state index is 14.2. The Morgan fingerprint density at radius 3 is 2.39 bits per heavy atom. The summed E-state index contributed by atoms with van der Waals surface area (Å²) in [4.78, 5) is 23.0. The van der Waals surface area contributed by atoms with Crippen LogP contribution < -0.4 is 15.4 Å². The lowest BCUT2D eigenvalue weighted by Crippen LogP contribution is -2.68. The van der Waals surface area contributed by atoms with E-state index in [0.717, 1.165) is 26.1 Å². The average molecular weight is 548 g/mol. The standard InChI is InChI=1S/C26H32F3N7OS/c1-7-36-15-9-16(36)11-35(10-15)23-18-21(33-25(34-23)38-6)14(5)20(32-24(18)37-12(2)3)17-8-13(4)31-22(30)19(17)26(27,28)29/h8,12,15-16H,7,9-11H2,1-6H3,(H2,30,31). The molecule has 12 heteroatoms. The predicted octanol–water partition coefficient (Wildman–Crippen LogP) is 5.10. The summed E-state index contributed by atoms with van der Waals surface area (Å²) < 4.78 is 48.7. The maximum Gasteiger partial charge on any atom is 0.420 e. The molecule has 3 aromatic rings. The van der Waals surface area contributed by atoms with Gasteiger partial charge in [-0.3, -0.25) is 4.90 Å². The molecule has 2 N–H and O–H groups in total. The first-order valence-corrected chi connectivity index (χ1v) is 13.9. The summed E-state index contributed by atoms with van der Waals surface area (Å²) in [5.74, 6) is 0.344. The second-order valence-electron chi connectivity index (χ2n) is 10.2. The molecule has 8 nitrogen and oxygen atoms in total. The minimum Gasteiger partial charge on any atom is -0.474 e. The molecule has 6 rings (SSSR count). The Kier molecular flexibility index (Phi) is 6.83. The van der Waals surface area contributed by atoms with E-state index in [1.807, 2.05) is 20.1 Å². The van der Waals surface area contributed by atoms with Gasteiger partial charge in [-0.15, -0.1) is 0 Å². The van der Waals surface area contributed by atoms with Gasteiger partial charge in [0.1, 0.15) is 22.6 Å². The number of nitrogens with zero attached hydrogens (tertiary/aromatic N) is 6. The van der Waals surface area contributed by atoms with Crippen molar-refractivity contribution in [3.63, 3.8) is 0 Å². The molecule has 3 aliphatic heterocycles. The van der Waals surface area contributed by atoms with Crippen LogP contribution in [0, 0.1) is 13.8 Å². The maximum atomic E-state index is 14.2. The van der Waals surface area contributed by atoms with E-state index in [1.165, 1.54) is 17.8 Å². The van der Waals surface area contributed by atoms with Gasteiger partial charge in [0, 0.05) is 42.0 Å². The zero-order valence-electron chi connectivity index (χ0n) is 22.3. The number of alkyl halides is 3. The number of pyridine rings is 2. The first-order valence-electron chi connectivity index (χ1n) is 12.7. The number of fused-ring (bicyclic) bond motifs is 3. The largest absolute Gasteiger partial charge is 0.474 e. The van der Waals surface area contributed by atoms with Gasteiger partial charge in [0.15, 0.2) is 5.16 Å². The number of aromatic nitrogens is 4. The van der Waals surface area contributed by atoms with E-state index >= 15 is 0 Å². The van der Waals surface area contributed by atoms with Crippen LogP contribution in [0.3, 0.4) is 0 Å². The SMILES string of the molecule is CCN1C2CC1CN(c1nc(SC)nc3c(C)c(-c4cc(C)nc(N)c4C(F)(F)F)nc(OC(C)C)c13)C2. The van der Waals surface area contributed by atoms with Gasteiger partial charge in [-0.25, -0.2) is 19.9 Å². The third kappa shape index (κ3) is 4.51. The summed E-state index contributed by atoms with van der Waals surface area (Å²) in [6.45, 7) is 11.9. The number of aryl methyl sites for hydroxylation is 2. The van der Waals surface area contributed by atoms with E-state index < -0.39 is 17.6 Å². The third-order valence-electron chi connectivity index (χ3n) is 7.26. The summed E-state index contributed by atoms with van der Waals surface area (Å²) in [5, 5.41) is 1.16. The van der Waals surface area contributed by atoms with Crippen molar-refractivity contribution in [2.45, 2.75) is 70.6 Å². The Hall–Kier alpha value is -2.86. The Labute approximate surface area is 224 Å². The lowest BCUT2D eigenvalue weighted by atomic mass is 9.87. The van der Waals surface area contributed by atoms with Crippen LogP contribution >= 0.6 is 11.8 Å². The van der Waals surface area contributed by atoms with Gasteiger partial charge < -0.3 is 15.4 Å². The second kappa shape index (κ2) is 9.71. The van der Waals surface area contributed by atoms with E-state index in [4.69, 9.17) is 25.4 Å². The van der Waals surface area contributed by atoms with Crippen molar-refractivity contribution in [1.29, 1.82) is 0 Å². The number of piperazine rings is 1. The van der Waals surface area contributed by atoms with E-state index in [1.54, 1.807) is 13.8 Å². The third-order valence-corrected chi connectivity index (χ3v) is 7.81. The minimum atomic E-state index is -4.72. The number of hydrogen-bond acceptors (Lipinski definition) is 9. The minimum absolute atomic E-state index is 0.119. The number of rotatable bonds is 6. The van der Waals surface area contributed by atoms with Crippen molar-refractivity contribution < 1.29 is 17.9 Å². The molecule has 0 saturated carbocycles. The zero-order valence-corrected chi connectivity index (χ0v) is 23.2. The molecule has 3 aromatic heterocycles. The Morgan fingerprint density at radius 1 is 1.13 bits per heavy atom. The van der Waals surface area contributed by atoms with Crippen LogP contribution in [0.5, 0.6) is 5.88 Å². The lowest BCUT2D eigenvalue weighted by Gasteiger charge is -2.56. The summed E-state index contributed by atoms with van der Waals surface area (Å²) in [5.41, 5.74) is 6.16. The molecule has 2 unspecified atom stereocenters. The first kappa shape index (κ1) is 26.7. The van der Waals surface area contributed by atoms with Crippen molar-refractivity contribution >= 4 is 34.3 Å². The van der Waals surface area contributed by atoms with Crippen molar-refractivity contribution in [3.05, 3.63) is 22.9 Å². The van der Waals surface area contributed by atoms with Gasteiger partial charge >= 0.3 is 6.18 Å². The average Bonchev–Trinajstić information content (AvgIpc) is 2.83. The van der Waals surface area contributed by atoms with Crippen molar-refractivity contribution in [2.75, 3.05) is 36.5 Å². The molecule has 2 bridgehead atoms. The number of hydrogen-bond donors (Lipinski definition) is 1. The molecule has 0 radical (unpaired) electrons. The van der Waals surface area contributed by atoms with Gasteiger partial charge in [-0.2, -0.15) is 13.2 Å². The molecular formula is C26H32F3N7OS. The Bertz CT molecular complexity index is 1390. The second-order valence-corrected chi connectivity index (χ2v) is 10.9. The van der Waals surface area contributed by atoms with E-state index in [-0.39, 0.29) is 23.2 Å². The summed E-state index contributed by atoms with van der Waals surface area (Å²) >= 11 is 1.39. The number of nitrogens with two attached hydrogens (primary N) is 1. The Balaban J connectivity index is 1.78. The number of thioether (sulfide) groups is 1. The predicted molar refractivity (Wildman–Crippen MR) is 144 cm³/mol. The molecule has 3 aliphatic rings. The van der Waals surface area contributed by atoms with Gasteiger partial charge in [-0.05, 0) is 53.0 Å². The number of ether oxygens (including phenoxy) is 1. The normalized spacial score (nSPS) is 19.8. The summed E-state index contributed by atoms with van der Waals surface area (Å²) in [6.07, 6.45) is -1.95. The zero-order chi connectivity index (χ0) is 27.5. The molecule has 3 fully saturated rings. The fourth-order valence-corrected chi connectivity index (χ4v) is 6.06. The molecule has 0 aliphatic carbocycles. The molecule has 0 amide bonds.